The number of nitrogens with zero attached hydrogens (tertiary/aromatic N) is 1. The van der Waals surface area contributed by atoms with Crippen LogP contribution in [0, 0.1) is 11.8 Å². The standard InChI is InChI=1S/C18H27N3O/c1-14(22)19-9-10-20-18-8-7-16-12-21(13-17(16)18)11-15-5-3-2-4-6-15/h2-6,16-18,20H,7-13H2,1H3,(H,19,22)/t16-,17-,18-/m0/s1. The summed E-state index contributed by atoms with van der Waals surface area (Å²) in [5, 5.41) is 6.51. The first kappa shape index (κ1) is 15.5. The average Bonchev–Trinajstić information content (AvgIpc) is 3.05. The second-order valence-corrected chi connectivity index (χ2v) is 6.72. The summed E-state index contributed by atoms with van der Waals surface area (Å²) < 4.78 is 0. The van der Waals surface area contributed by atoms with Crippen LogP contribution in [-0.4, -0.2) is 43.0 Å². The molecule has 0 unspecified atom stereocenters. The normalized spacial score (nSPS) is 27.8. The number of carbonyl (C=O) groups is 1. The van der Waals surface area contributed by atoms with Crippen LogP contribution in [0.1, 0.15) is 25.3 Å². The maximum Gasteiger partial charge on any atom is 0.216 e. The van der Waals surface area contributed by atoms with E-state index in [1.165, 1.54) is 31.5 Å². The quantitative estimate of drug-likeness (QED) is 0.785. The van der Waals surface area contributed by atoms with Crippen LogP contribution in [0.3, 0.4) is 0 Å². The van der Waals surface area contributed by atoms with Crippen LogP contribution in [0.5, 0.6) is 0 Å². The molecular formula is C18H27N3O. The van der Waals surface area contributed by atoms with Gasteiger partial charge >= 0.3 is 0 Å². The molecule has 1 saturated heterocycles. The highest BCUT2D eigenvalue weighted by atomic mass is 16.1. The Hall–Kier alpha value is -1.39. The zero-order valence-corrected chi connectivity index (χ0v) is 13.4. The highest BCUT2D eigenvalue weighted by Crippen LogP contribution is 2.38. The summed E-state index contributed by atoms with van der Waals surface area (Å²) >= 11 is 0. The number of hydrogen-bond donors (Lipinski definition) is 2. The second-order valence-electron chi connectivity index (χ2n) is 6.72. The molecule has 2 N–H and O–H groups in total. The first-order valence-corrected chi connectivity index (χ1v) is 8.46. The van der Waals surface area contributed by atoms with Crippen molar-refractivity contribution in [2.24, 2.45) is 11.8 Å². The molecule has 0 radical (unpaired) electrons. The van der Waals surface area contributed by atoms with Gasteiger partial charge in [-0.1, -0.05) is 30.3 Å². The molecule has 120 valence electrons. The molecule has 1 aromatic rings. The maximum absolute atomic E-state index is 10.9. The molecule has 1 aromatic carbocycles. The molecule has 22 heavy (non-hydrogen) atoms. The number of rotatable bonds is 6. The molecule has 4 heteroatoms. The topological polar surface area (TPSA) is 44.4 Å². The van der Waals surface area contributed by atoms with E-state index in [-0.39, 0.29) is 5.91 Å². The molecule has 0 bridgehead atoms. The van der Waals surface area contributed by atoms with Crippen molar-refractivity contribution in [3.05, 3.63) is 35.9 Å². The predicted molar refractivity (Wildman–Crippen MR) is 88.4 cm³/mol. The first-order valence-electron chi connectivity index (χ1n) is 8.46. The summed E-state index contributed by atoms with van der Waals surface area (Å²) in [6.45, 7) is 6.71. The molecule has 2 aliphatic rings. The number of amides is 1. The van der Waals surface area contributed by atoms with Crippen molar-refractivity contribution in [3.63, 3.8) is 0 Å². The summed E-state index contributed by atoms with van der Waals surface area (Å²) in [4.78, 5) is 13.5. The largest absolute Gasteiger partial charge is 0.355 e. The summed E-state index contributed by atoms with van der Waals surface area (Å²) in [6.07, 6.45) is 2.63. The minimum Gasteiger partial charge on any atom is -0.355 e. The van der Waals surface area contributed by atoms with Crippen LogP contribution in [0.4, 0.5) is 0 Å². The maximum atomic E-state index is 10.9. The summed E-state index contributed by atoms with van der Waals surface area (Å²) in [5.41, 5.74) is 1.41. The molecule has 2 fully saturated rings. The molecule has 3 atom stereocenters. The highest BCUT2D eigenvalue weighted by Gasteiger charge is 2.41. The van der Waals surface area contributed by atoms with E-state index in [9.17, 15) is 4.79 Å². The Kier molecular flexibility index (Phi) is 5.11. The molecule has 1 amide bonds. The van der Waals surface area contributed by atoms with E-state index < -0.39 is 0 Å². The van der Waals surface area contributed by atoms with E-state index in [0.29, 0.717) is 6.04 Å². The van der Waals surface area contributed by atoms with E-state index in [2.05, 4.69) is 45.9 Å². The number of hydrogen-bond acceptors (Lipinski definition) is 3. The lowest BCUT2D eigenvalue weighted by Gasteiger charge is -2.22. The monoisotopic (exact) mass is 301 g/mol. The molecule has 4 nitrogen and oxygen atoms in total. The van der Waals surface area contributed by atoms with Gasteiger partial charge in [0, 0.05) is 45.7 Å². The lowest BCUT2D eigenvalue weighted by atomic mass is 9.98. The number of likely N-dealkylation sites (tertiary alicyclic amines) is 1. The van der Waals surface area contributed by atoms with Gasteiger partial charge < -0.3 is 10.6 Å². The minimum atomic E-state index is 0.0565. The van der Waals surface area contributed by atoms with Gasteiger partial charge in [0.2, 0.25) is 5.91 Å². The van der Waals surface area contributed by atoms with Crippen LogP contribution in [-0.2, 0) is 11.3 Å². The minimum absolute atomic E-state index is 0.0565. The zero-order valence-electron chi connectivity index (χ0n) is 13.4. The number of benzene rings is 1. The van der Waals surface area contributed by atoms with Gasteiger partial charge in [0.25, 0.3) is 0 Å². The Morgan fingerprint density at radius 2 is 2.00 bits per heavy atom. The summed E-state index contributed by atoms with van der Waals surface area (Å²) in [7, 11) is 0. The molecule has 3 rings (SSSR count). The predicted octanol–water partition coefficient (Wildman–Crippen LogP) is 1.62. The molecular weight excluding hydrogens is 274 g/mol. The van der Waals surface area contributed by atoms with E-state index in [1.807, 2.05) is 0 Å². The van der Waals surface area contributed by atoms with Crippen molar-refractivity contribution in [3.8, 4) is 0 Å². The Labute approximate surface area is 133 Å². The third kappa shape index (κ3) is 3.87. The Bertz CT molecular complexity index is 490. The van der Waals surface area contributed by atoms with Crippen molar-refractivity contribution in [2.45, 2.75) is 32.4 Å². The van der Waals surface area contributed by atoms with Crippen LogP contribution in [0.2, 0.25) is 0 Å². The van der Waals surface area contributed by atoms with Gasteiger partial charge in [0.1, 0.15) is 0 Å². The van der Waals surface area contributed by atoms with E-state index in [1.54, 1.807) is 6.92 Å². The van der Waals surface area contributed by atoms with Crippen molar-refractivity contribution in [1.29, 1.82) is 0 Å². The molecule has 0 spiro atoms. The van der Waals surface area contributed by atoms with Gasteiger partial charge in [-0.05, 0) is 30.2 Å². The van der Waals surface area contributed by atoms with E-state index >= 15 is 0 Å². The van der Waals surface area contributed by atoms with Crippen molar-refractivity contribution in [2.75, 3.05) is 26.2 Å². The average molecular weight is 301 g/mol. The van der Waals surface area contributed by atoms with E-state index in [0.717, 1.165) is 31.5 Å². The fourth-order valence-corrected chi connectivity index (χ4v) is 4.08. The van der Waals surface area contributed by atoms with Crippen LogP contribution in [0.25, 0.3) is 0 Å². The summed E-state index contributed by atoms with van der Waals surface area (Å²) in [6, 6.07) is 11.4. The molecule has 1 aliphatic carbocycles. The SMILES string of the molecule is CC(=O)NCCN[C@H]1CC[C@H]2CN(Cc3ccccc3)C[C@@H]21. The second kappa shape index (κ2) is 7.25. The van der Waals surface area contributed by atoms with Gasteiger partial charge in [0.05, 0.1) is 0 Å². The first-order chi connectivity index (χ1) is 10.7. The lowest BCUT2D eigenvalue weighted by Crippen LogP contribution is -2.40. The molecule has 1 aliphatic heterocycles. The van der Waals surface area contributed by atoms with Gasteiger partial charge in [-0.3, -0.25) is 9.69 Å². The number of nitrogens with one attached hydrogen (secondary N) is 2. The third-order valence-corrected chi connectivity index (χ3v) is 5.09. The zero-order chi connectivity index (χ0) is 15.4. The molecule has 0 aromatic heterocycles. The molecule has 1 saturated carbocycles. The van der Waals surface area contributed by atoms with Crippen LogP contribution >= 0.6 is 0 Å². The van der Waals surface area contributed by atoms with Crippen molar-refractivity contribution >= 4 is 5.91 Å². The Balaban J connectivity index is 1.45. The Morgan fingerprint density at radius 1 is 1.18 bits per heavy atom. The number of fused-ring (bicyclic) bond motifs is 1. The number of carbonyl (C=O) groups excluding carboxylic acids is 1. The van der Waals surface area contributed by atoms with Gasteiger partial charge in [0.15, 0.2) is 0 Å². The van der Waals surface area contributed by atoms with Gasteiger partial charge in [-0.25, -0.2) is 0 Å². The van der Waals surface area contributed by atoms with Crippen LogP contribution < -0.4 is 10.6 Å². The smallest absolute Gasteiger partial charge is 0.216 e. The van der Waals surface area contributed by atoms with Gasteiger partial charge in [-0.2, -0.15) is 0 Å². The van der Waals surface area contributed by atoms with Gasteiger partial charge in [-0.15, -0.1) is 0 Å². The molecule has 1 heterocycles. The van der Waals surface area contributed by atoms with E-state index in [4.69, 9.17) is 0 Å². The highest BCUT2D eigenvalue weighted by molar-refractivity contribution is 5.72. The van der Waals surface area contributed by atoms with Crippen molar-refractivity contribution < 1.29 is 4.79 Å². The Morgan fingerprint density at radius 3 is 2.77 bits per heavy atom. The van der Waals surface area contributed by atoms with Crippen molar-refractivity contribution in [1.82, 2.24) is 15.5 Å². The fourth-order valence-electron chi connectivity index (χ4n) is 4.08. The third-order valence-electron chi connectivity index (χ3n) is 5.09. The van der Waals surface area contributed by atoms with Crippen LogP contribution in [0.15, 0.2) is 30.3 Å². The lowest BCUT2D eigenvalue weighted by molar-refractivity contribution is -0.118. The summed E-state index contributed by atoms with van der Waals surface area (Å²) in [5.74, 6) is 1.68. The fraction of sp³-hybridized carbons (Fsp3) is 0.611.